The average Bonchev–Trinajstić information content (AvgIpc) is 2.60. The molecule has 7 nitrogen and oxygen atoms in total. The molecule has 0 aliphatic rings. The minimum Gasteiger partial charge on any atom is -0.452 e. The Labute approximate surface area is 143 Å². The Morgan fingerprint density at radius 1 is 1.25 bits per heavy atom. The van der Waals surface area contributed by atoms with Gasteiger partial charge in [0, 0.05) is 13.1 Å². The van der Waals surface area contributed by atoms with E-state index in [4.69, 9.17) is 4.74 Å². The zero-order chi connectivity index (χ0) is 18.2. The summed E-state index contributed by atoms with van der Waals surface area (Å²) < 4.78 is 30.7. The van der Waals surface area contributed by atoms with Crippen molar-refractivity contribution in [2.24, 2.45) is 0 Å². The van der Waals surface area contributed by atoms with Gasteiger partial charge in [-0.3, -0.25) is 4.79 Å². The first kappa shape index (κ1) is 20.1. The van der Waals surface area contributed by atoms with Crippen LogP contribution in [0, 0.1) is 0 Å². The van der Waals surface area contributed by atoms with Crippen LogP contribution in [-0.4, -0.2) is 51.9 Å². The standard InChI is InChI=1S/C16H24N2O5S/c1-4-6-10-18(5-2)15(19)12-23-16(20)13-8-7-9-14(11-13)24(21,22)17-3/h7-9,11,17H,4-6,10,12H2,1-3H3. The lowest BCUT2D eigenvalue weighted by Gasteiger charge is -2.20. The van der Waals surface area contributed by atoms with E-state index < -0.39 is 16.0 Å². The SMILES string of the molecule is CCCCN(CC)C(=O)COC(=O)c1cccc(S(=O)(=O)NC)c1. The molecule has 0 aromatic heterocycles. The number of nitrogens with one attached hydrogen (secondary N) is 1. The number of carbonyl (C=O) groups is 2. The molecule has 0 bridgehead atoms. The van der Waals surface area contributed by atoms with Crippen LogP contribution in [0.2, 0.25) is 0 Å². The van der Waals surface area contributed by atoms with Crippen molar-refractivity contribution in [3.63, 3.8) is 0 Å². The number of amides is 1. The third-order valence-corrected chi connectivity index (χ3v) is 4.90. The van der Waals surface area contributed by atoms with Gasteiger partial charge in [0.1, 0.15) is 0 Å². The Kier molecular flexibility index (Phi) is 7.87. The molecule has 1 N–H and O–H groups in total. The average molecular weight is 356 g/mol. The lowest BCUT2D eigenvalue weighted by Crippen LogP contribution is -2.35. The summed E-state index contributed by atoms with van der Waals surface area (Å²) in [6, 6.07) is 5.48. The molecule has 1 aromatic rings. The number of likely N-dealkylation sites (N-methyl/N-ethyl adjacent to an activating group) is 1. The topological polar surface area (TPSA) is 92.8 Å². The molecule has 1 amide bonds. The molecule has 24 heavy (non-hydrogen) atoms. The highest BCUT2D eigenvalue weighted by molar-refractivity contribution is 7.89. The van der Waals surface area contributed by atoms with Gasteiger partial charge in [-0.2, -0.15) is 0 Å². The van der Waals surface area contributed by atoms with Crippen molar-refractivity contribution in [3.05, 3.63) is 29.8 Å². The van der Waals surface area contributed by atoms with Crippen molar-refractivity contribution in [3.8, 4) is 0 Å². The van der Waals surface area contributed by atoms with Gasteiger partial charge in [-0.05, 0) is 38.6 Å². The van der Waals surface area contributed by atoms with Gasteiger partial charge >= 0.3 is 5.97 Å². The number of hydrogen-bond acceptors (Lipinski definition) is 5. The zero-order valence-corrected chi connectivity index (χ0v) is 15.1. The number of carbonyl (C=O) groups excluding carboxylic acids is 2. The lowest BCUT2D eigenvalue weighted by molar-refractivity contribution is -0.134. The van der Waals surface area contributed by atoms with Crippen molar-refractivity contribution >= 4 is 21.9 Å². The quantitative estimate of drug-likeness (QED) is 0.675. The second-order valence-electron chi connectivity index (χ2n) is 5.14. The molecular weight excluding hydrogens is 332 g/mol. The summed E-state index contributed by atoms with van der Waals surface area (Å²) >= 11 is 0. The van der Waals surface area contributed by atoms with Gasteiger partial charge in [-0.15, -0.1) is 0 Å². The van der Waals surface area contributed by atoms with Crippen molar-refractivity contribution in [2.75, 3.05) is 26.7 Å². The largest absolute Gasteiger partial charge is 0.452 e. The Balaban J connectivity index is 2.72. The smallest absolute Gasteiger partial charge is 0.338 e. The summed E-state index contributed by atoms with van der Waals surface area (Å²) in [6.07, 6.45) is 1.85. The monoisotopic (exact) mass is 356 g/mol. The molecule has 8 heteroatoms. The molecule has 0 spiro atoms. The zero-order valence-electron chi connectivity index (χ0n) is 14.2. The number of benzene rings is 1. The highest BCUT2D eigenvalue weighted by atomic mass is 32.2. The highest BCUT2D eigenvalue weighted by Crippen LogP contribution is 2.12. The van der Waals surface area contributed by atoms with Crippen molar-refractivity contribution in [1.82, 2.24) is 9.62 Å². The van der Waals surface area contributed by atoms with Crippen LogP contribution in [-0.2, 0) is 19.6 Å². The molecule has 0 aliphatic heterocycles. The predicted molar refractivity (Wildman–Crippen MR) is 90.1 cm³/mol. The van der Waals surface area contributed by atoms with E-state index in [9.17, 15) is 18.0 Å². The number of hydrogen-bond donors (Lipinski definition) is 1. The van der Waals surface area contributed by atoms with Crippen molar-refractivity contribution in [1.29, 1.82) is 0 Å². The van der Waals surface area contributed by atoms with E-state index in [0.717, 1.165) is 12.8 Å². The minimum absolute atomic E-state index is 0.0380. The number of sulfonamides is 1. The second kappa shape index (κ2) is 9.39. The maximum absolute atomic E-state index is 12.0. The van der Waals surface area contributed by atoms with Crippen LogP contribution in [0.4, 0.5) is 0 Å². The number of esters is 1. The first-order valence-electron chi connectivity index (χ1n) is 7.84. The van der Waals surface area contributed by atoms with Crippen molar-refractivity contribution in [2.45, 2.75) is 31.6 Å². The third-order valence-electron chi connectivity index (χ3n) is 3.49. The fourth-order valence-corrected chi connectivity index (χ4v) is 2.79. The molecule has 134 valence electrons. The highest BCUT2D eigenvalue weighted by Gasteiger charge is 2.17. The van der Waals surface area contributed by atoms with Crippen LogP contribution in [0.3, 0.4) is 0 Å². The van der Waals surface area contributed by atoms with Crippen LogP contribution in [0.1, 0.15) is 37.0 Å². The van der Waals surface area contributed by atoms with Gasteiger partial charge < -0.3 is 9.64 Å². The molecule has 0 heterocycles. The maximum Gasteiger partial charge on any atom is 0.338 e. The number of unbranched alkanes of at least 4 members (excludes halogenated alkanes) is 1. The molecule has 1 rings (SSSR count). The lowest BCUT2D eigenvalue weighted by atomic mass is 10.2. The van der Waals surface area contributed by atoms with Gasteiger partial charge in [-0.1, -0.05) is 19.4 Å². The van der Waals surface area contributed by atoms with Gasteiger partial charge in [-0.25, -0.2) is 17.9 Å². The van der Waals surface area contributed by atoms with Crippen LogP contribution in [0.15, 0.2) is 29.2 Å². The molecule has 0 atom stereocenters. The van der Waals surface area contributed by atoms with E-state index >= 15 is 0 Å². The maximum atomic E-state index is 12.0. The van der Waals surface area contributed by atoms with E-state index in [0.29, 0.717) is 13.1 Å². The molecule has 0 saturated carbocycles. The van der Waals surface area contributed by atoms with Gasteiger partial charge in [0.15, 0.2) is 6.61 Å². The van der Waals surface area contributed by atoms with E-state index in [1.165, 1.54) is 31.3 Å². The summed E-state index contributed by atoms with van der Waals surface area (Å²) in [5.74, 6) is -0.999. The van der Waals surface area contributed by atoms with Gasteiger partial charge in [0.2, 0.25) is 10.0 Å². The van der Waals surface area contributed by atoms with Gasteiger partial charge in [0.25, 0.3) is 5.91 Å². The van der Waals surface area contributed by atoms with Gasteiger partial charge in [0.05, 0.1) is 10.5 Å². The molecule has 0 unspecified atom stereocenters. The summed E-state index contributed by atoms with van der Waals surface area (Å²) in [5, 5.41) is 0. The Morgan fingerprint density at radius 3 is 2.54 bits per heavy atom. The summed E-state index contributed by atoms with van der Waals surface area (Å²) in [6.45, 7) is 4.71. The Hall–Kier alpha value is -1.93. The van der Waals surface area contributed by atoms with Crippen LogP contribution < -0.4 is 4.72 Å². The molecule has 0 fully saturated rings. The fraction of sp³-hybridized carbons (Fsp3) is 0.500. The number of ether oxygens (including phenoxy) is 1. The predicted octanol–water partition coefficient (Wildman–Crippen LogP) is 1.40. The first-order valence-corrected chi connectivity index (χ1v) is 9.32. The molecule has 1 aromatic carbocycles. The van der Waals surface area contributed by atoms with E-state index in [-0.39, 0.29) is 23.0 Å². The molecular formula is C16H24N2O5S. The second-order valence-corrected chi connectivity index (χ2v) is 7.03. The molecule has 0 aliphatic carbocycles. The van der Waals surface area contributed by atoms with E-state index in [2.05, 4.69) is 4.72 Å². The van der Waals surface area contributed by atoms with Crippen LogP contribution >= 0.6 is 0 Å². The summed E-state index contributed by atoms with van der Waals surface area (Å²) in [7, 11) is -2.36. The Bertz CT molecular complexity index is 673. The van der Waals surface area contributed by atoms with Crippen LogP contribution in [0.25, 0.3) is 0 Å². The normalized spacial score (nSPS) is 11.1. The minimum atomic E-state index is -3.65. The third kappa shape index (κ3) is 5.61. The number of rotatable bonds is 9. The van der Waals surface area contributed by atoms with E-state index in [1.807, 2.05) is 13.8 Å². The summed E-state index contributed by atoms with van der Waals surface area (Å²) in [5.41, 5.74) is 0.0794. The van der Waals surface area contributed by atoms with E-state index in [1.54, 1.807) is 4.90 Å². The molecule has 0 saturated heterocycles. The summed E-state index contributed by atoms with van der Waals surface area (Å²) in [4.78, 5) is 25.7. The molecule has 0 radical (unpaired) electrons. The van der Waals surface area contributed by atoms with Crippen molar-refractivity contribution < 1.29 is 22.7 Å². The Morgan fingerprint density at radius 2 is 1.96 bits per heavy atom. The fourth-order valence-electron chi connectivity index (χ4n) is 2.02. The van der Waals surface area contributed by atoms with Crippen LogP contribution in [0.5, 0.6) is 0 Å². The number of nitrogens with zero attached hydrogens (tertiary/aromatic N) is 1. The first-order chi connectivity index (χ1) is 11.4.